The Morgan fingerprint density at radius 1 is 1.26 bits per heavy atom. The summed E-state index contributed by atoms with van der Waals surface area (Å²) >= 11 is 0. The first-order chi connectivity index (χ1) is 16.4. The molecule has 6 heteroatoms. The highest BCUT2D eigenvalue weighted by molar-refractivity contribution is 5.84. The van der Waals surface area contributed by atoms with E-state index in [9.17, 15) is 4.79 Å². The first kappa shape index (κ1) is 23.7. The molecule has 1 fully saturated rings. The highest BCUT2D eigenvalue weighted by Crippen LogP contribution is 2.36. The molecule has 0 aliphatic heterocycles. The van der Waals surface area contributed by atoms with Gasteiger partial charge >= 0.3 is 5.97 Å². The van der Waals surface area contributed by atoms with Gasteiger partial charge in [0.25, 0.3) is 0 Å². The Morgan fingerprint density at radius 2 is 2.06 bits per heavy atom. The Labute approximate surface area is 201 Å². The van der Waals surface area contributed by atoms with Crippen LogP contribution in [0.2, 0.25) is 0 Å². The monoisotopic (exact) mass is 459 g/mol. The maximum Gasteiger partial charge on any atom is 0.326 e. The van der Waals surface area contributed by atoms with Crippen LogP contribution in [0.1, 0.15) is 40.0 Å². The zero-order valence-corrected chi connectivity index (χ0v) is 20.2. The lowest BCUT2D eigenvalue weighted by Gasteiger charge is -2.36. The molecule has 3 atom stereocenters. The number of terminal acetylenes is 1. The number of hydrogen-bond donors (Lipinski definition) is 1. The fraction of sp³-hybridized carbons (Fsp3) is 0.429. The molecule has 0 saturated heterocycles. The van der Waals surface area contributed by atoms with Crippen LogP contribution in [0, 0.1) is 30.1 Å². The Kier molecular flexibility index (Phi) is 7.12. The van der Waals surface area contributed by atoms with E-state index in [4.69, 9.17) is 26.6 Å². The van der Waals surface area contributed by atoms with Gasteiger partial charge < -0.3 is 19.8 Å². The molecule has 0 amide bonds. The number of nitrogen functional groups attached to an aromatic ring is 1. The van der Waals surface area contributed by atoms with Crippen LogP contribution >= 0.6 is 0 Å². The molecule has 2 N–H and O–H groups in total. The Hall–Kier alpha value is -3.46. The van der Waals surface area contributed by atoms with Crippen LogP contribution in [-0.4, -0.2) is 28.2 Å². The third-order valence-corrected chi connectivity index (χ3v) is 6.76. The van der Waals surface area contributed by atoms with E-state index < -0.39 is 0 Å². The topological polar surface area (TPSA) is 79.4 Å². The molecule has 6 nitrogen and oxygen atoms in total. The average molecular weight is 460 g/mol. The zero-order chi connectivity index (χ0) is 24.2. The summed E-state index contributed by atoms with van der Waals surface area (Å²) in [5, 5.41) is 0. The predicted molar refractivity (Wildman–Crippen MR) is 135 cm³/mol. The lowest BCUT2D eigenvalue weighted by molar-refractivity contribution is -0.156. The molecule has 1 saturated carbocycles. The van der Waals surface area contributed by atoms with Gasteiger partial charge in [0.15, 0.2) is 0 Å². The number of aromatic nitrogens is 2. The van der Waals surface area contributed by atoms with E-state index in [1.807, 2.05) is 34.9 Å². The summed E-state index contributed by atoms with van der Waals surface area (Å²) in [4.78, 5) is 18.0. The third kappa shape index (κ3) is 5.04. The maximum absolute atomic E-state index is 13.2. The van der Waals surface area contributed by atoms with Gasteiger partial charge in [0, 0.05) is 5.56 Å². The van der Waals surface area contributed by atoms with Crippen LogP contribution in [-0.2, 0) is 16.1 Å². The molecule has 1 heterocycles. The number of carbonyl (C=O) groups excluding carboxylic acids is 1. The molecule has 4 rings (SSSR count). The summed E-state index contributed by atoms with van der Waals surface area (Å²) in [6.07, 6.45) is 8.45. The fourth-order valence-corrected chi connectivity index (χ4v) is 4.98. The van der Waals surface area contributed by atoms with Crippen molar-refractivity contribution in [1.82, 2.24) is 9.55 Å². The molecular weight excluding hydrogens is 426 g/mol. The number of hydrogen-bond acceptors (Lipinski definition) is 5. The summed E-state index contributed by atoms with van der Waals surface area (Å²) in [6, 6.07) is 13.2. The van der Waals surface area contributed by atoms with Crippen molar-refractivity contribution < 1.29 is 14.3 Å². The molecule has 0 unspecified atom stereocenters. The Balaban J connectivity index is 1.62. The molecule has 1 aliphatic rings. The summed E-state index contributed by atoms with van der Waals surface area (Å²) in [5.74, 6) is 4.82. The highest BCUT2D eigenvalue weighted by atomic mass is 16.5. The van der Waals surface area contributed by atoms with E-state index in [0.29, 0.717) is 35.0 Å². The van der Waals surface area contributed by atoms with Crippen LogP contribution in [0.4, 0.5) is 5.69 Å². The number of anilines is 1. The first-order valence-electron chi connectivity index (χ1n) is 12.0. The van der Waals surface area contributed by atoms with Crippen molar-refractivity contribution >= 4 is 22.7 Å². The van der Waals surface area contributed by atoms with Gasteiger partial charge in [-0.2, -0.15) is 0 Å². The second-order valence-corrected chi connectivity index (χ2v) is 9.61. The Morgan fingerprint density at radius 3 is 2.79 bits per heavy atom. The van der Waals surface area contributed by atoms with E-state index >= 15 is 0 Å². The summed E-state index contributed by atoms with van der Waals surface area (Å²) in [5.41, 5.74) is 9.14. The normalized spacial score (nSPS) is 20.3. The molecule has 34 heavy (non-hydrogen) atoms. The number of benzene rings is 2. The van der Waals surface area contributed by atoms with E-state index in [1.54, 1.807) is 12.1 Å². The SMILES string of the molecule is C#CCOc1ccc(-c2nc3ccccc3n2CC(=O)O[C@@H]2C[C@H](C)CC[C@H]2C(C)C)cc1N. The minimum absolute atomic E-state index is 0.0438. The number of carbonyl (C=O) groups is 1. The van der Waals surface area contributed by atoms with Crippen molar-refractivity contribution in [2.24, 2.45) is 17.8 Å². The van der Waals surface area contributed by atoms with Gasteiger partial charge in [-0.25, -0.2) is 4.98 Å². The lowest BCUT2D eigenvalue weighted by atomic mass is 9.75. The number of ether oxygens (including phenoxy) is 2. The number of nitrogens with two attached hydrogens (primary N) is 1. The largest absolute Gasteiger partial charge is 0.479 e. The van der Waals surface area contributed by atoms with Gasteiger partial charge in [0.2, 0.25) is 0 Å². The quantitative estimate of drug-likeness (QED) is 0.295. The lowest BCUT2D eigenvalue weighted by Crippen LogP contribution is -2.36. The van der Waals surface area contributed by atoms with E-state index in [-0.39, 0.29) is 25.2 Å². The van der Waals surface area contributed by atoms with Gasteiger partial charge in [-0.15, -0.1) is 6.42 Å². The van der Waals surface area contributed by atoms with Crippen molar-refractivity contribution in [2.75, 3.05) is 12.3 Å². The van der Waals surface area contributed by atoms with Gasteiger partial charge in [-0.05, 0) is 60.9 Å². The minimum atomic E-state index is -0.240. The van der Waals surface area contributed by atoms with Crippen molar-refractivity contribution in [3.05, 3.63) is 42.5 Å². The predicted octanol–water partition coefficient (Wildman–Crippen LogP) is 5.30. The molecular formula is C28H33N3O3. The van der Waals surface area contributed by atoms with Crippen molar-refractivity contribution in [3.8, 4) is 29.5 Å². The van der Waals surface area contributed by atoms with Gasteiger partial charge in [-0.3, -0.25) is 4.79 Å². The average Bonchev–Trinajstić information content (AvgIpc) is 3.16. The highest BCUT2D eigenvalue weighted by Gasteiger charge is 2.33. The number of esters is 1. The standard InChI is InChI=1S/C28H33N3O3/c1-5-14-33-25-13-11-20(16-22(25)29)28-30-23-8-6-7-9-24(23)31(28)17-27(32)34-26-15-19(4)10-12-21(26)18(2)3/h1,6-9,11,13,16,18-19,21,26H,10,12,14-15,17,29H2,2-4H3/t19-,21+,26-/m1/s1. The van der Waals surface area contributed by atoms with Gasteiger partial charge in [0.1, 0.15) is 30.8 Å². The molecule has 0 spiro atoms. The first-order valence-corrected chi connectivity index (χ1v) is 12.0. The van der Waals surface area contributed by atoms with Crippen LogP contribution < -0.4 is 10.5 Å². The number of fused-ring (bicyclic) bond motifs is 1. The van der Waals surface area contributed by atoms with Crippen LogP contribution in [0.15, 0.2) is 42.5 Å². The van der Waals surface area contributed by atoms with E-state index in [0.717, 1.165) is 29.4 Å². The molecule has 178 valence electrons. The maximum atomic E-state index is 13.2. The van der Waals surface area contributed by atoms with Crippen molar-refractivity contribution in [3.63, 3.8) is 0 Å². The Bertz CT molecular complexity index is 1210. The minimum Gasteiger partial charge on any atom is -0.479 e. The molecule has 1 aliphatic carbocycles. The number of imidazole rings is 1. The fourth-order valence-electron chi connectivity index (χ4n) is 4.98. The van der Waals surface area contributed by atoms with Crippen LogP contribution in [0.3, 0.4) is 0 Å². The molecule has 0 radical (unpaired) electrons. The van der Waals surface area contributed by atoms with E-state index in [2.05, 4.69) is 26.7 Å². The second kappa shape index (κ2) is 10.2. The van der Waals surface area contributed by atoms with Crippen LogP contribution in [0.5, 0.6) is 5.75 Å². The zero-order valence-electron chi connectivity index (χ0n) is 20.2. The van der Waals surface area contributed by atoms with Crippen LogP contribution in [0.25, 0.3) is 22.4 Å². The smallest absolute Gasteiger partial charge is 0.326 e. The van der Waals surface area contributed by atoms with Gasteiger partial charge in [-0.1, -0.05) is 45.2 Å². The number of para-hydroxylation sites is 2. The van der Waals surface area contributed by atoms with Crippen molar-refractivity contribution in [2.45, 2.75) is 52.7 Å². The molecule has 2 aromatic carbocycles. The second-order valence-electron chi connectivity index (χ2n) is 9.61. The number of nitrogens with zero attached hydrogens (tertiary/aromatic N) is 2. The summed E-state index contributed by atoms with van der Waals surface area (Å²) < 4.78 is 13.5. The van der Waals surface area contributed by atoms with E-state index in [1.165, 1.54) is 6.42 Å². The summed E-state index contributed by atoms with van der Waals surface area (Å²) in [6.45, 7) is 6.89. The third-order valence-electron chi connectivity index (χ3n) is 6.76. The van der Waals surface area contributed by atoms with Crippen molar-refractivity contribution in [1.29, 1.82) is 0 Å². The summed E-state index contributed by atoms with van der Waals surface area (Å²) in [7, 11) is 0. The molecule has 1 aromatic heterocycles. The number of rotatable bonds is 7. The molecule has 3 aromatic rings. The van der Waals surface area contributed by atoms with Gasteiger partial charge in [0.05, 0.1) is 16.7 Å². The molecule has 0 bridgehead atoms.